The molecule has 3 nitrogen and oxygen atoms in total. The molecule has 0 saturated heterocycles. The maximum atomic E-state index is 12.7. The van der Waals surface area contributed by atoms with E-state index in [1.807, 2.05) is 12.2 Å². The average Bonchev–Trinajstić information content (AvgIpc) is 3.12. The molecule has 3 heteroatoms. The van der Waals surface area contributed by atoms with Crippen molar-refractivity contribution in [1.29, 1.82) is 0 Å². The van der Waals surface area contributed by atoms with Gasteiger partial charge in [0.2, 0.25) is 0 Å². The largest absolute Gasteiger partial charge is 0.462 e. The number of fused-ring (bicyclic) bond motifs is 5. The standard InChI is InChI=1S/C30H44O3/c1-4-5-6-7-8-9-10-11-12-28(32)33-27-16-15-25-24-14-13-22-21-23(31)17-19-29(22,2)26(24)18-20-30(25,27)3/h4,17,19,21,24-27H,1,5-16,18,20H2,2-3H3/t24-,25-,26-,27-,29+,30+/m1/s1. The first-order valence-electron chi connectivity index (χ1n) is 13.6. The van der Waals surface area contributed by atoms with E-state index in [2.05, 4.69) is 26.5 Å². The van der Waals surface area contributed by atoms with Crippen LogP contribution in [0.25, 0.3) is 0 Å². The highest BCUT2D eigenvalue weighted by Crippen LogP contribution is 2.64. The van der Waals surface area contributed by atoms with E-state index in [9.17, 15) is 9.59 Å². The summed E-state index contributed by atoms with van der Waals surface area (Å²) in [6, 6.07) is 0. The molecule has 3 saturated carbocycles. The molecule has 4 rings (SSSR count). The third-order valence-electron chi connectivity index (χ3n) is 9.78. The highest BCUT2D eigenvalue weighted by Gasteiger charge is 2.59. The number of carbonyl (C=O) groups is 2. The predicted molar refractivity (Wildman–Crippen MR) is 134 cm³/mol. The Balaban J connectivity index is 1.28. The Hall–Kier alpha value is -1.64. The van der Waals surface area contributed by atoms with E-state index in [4.69, 9.17) is 4.74 Å². The summed E-state index contributed by atoms with van der Waals surface area (Å²) >= 11 is 0. The second kappa shape index (κ2) is 10.3. The van der Waals surface area contributed by atoms with Crippen LogP contribution < -0.4 is 0 Å². The number of ether oxygens (including phenoxy) is 1. The highest BCUT2D eigenvalue weighted by molar-refractivity contribution is 6.01. The monoisotopic (exact) mass is 452 g/mol. The lowest BCUT2D eigenvalue weighted by atomic mass is 9.48. The highest BCUT2D eigenvalue weighted by atomic mass is 16.5. The zero-order valence-electron chi connectivity index (χ0n) is 21.0. The van der Waals surface area contributed by atoms with Crippen LogP contribution in [-0.2, 0) is 14.3 Å². The van der Waals surface area contributed by atoms with E-state index in [0.717, 1.165) is 38.5 Å². The van der Waals surface area contributed by atoms with Gasteiger partial charge in [0, 0.05) is 17.3 Å². The van der Waals surface area contributed by atoms with Gasteiger partial charge >= 0.3 is 5.97 Å². The summed E-state index contributed by atoms with van der Waals surface area (Å²) in [5.74, 6) is 2.09. The molecule has 0 aromatic carbocycles. The number of esters is 1. The lowest BCUT2D eigenvalue weighted by Crippen LogP contribution is -2.51. The SMILES string of the molecule is C=CCCCCCCCCC(=O)O[C@@H]1CC[C@@H]2[C@H]3CCC4=CC(=O)C=C[C@]4(C)[C@@H]3CC[C@@]21C. The minimum atomic E-state index is 0.0187. The number of ketones is 1. The molecule has 0 heterocycles. The summed E-state index contributed by atoms with van der Waals surface area (Å²) in [6.45, 7) is 8.53. The van der Waals surface area contributed by atoms with Gasteiger partial charge in [-0.15, -0.1) is 6.58 Å². The van der Waals surface area contributed by atoms with Crippen LogP contribution in [0, 0.1) is 28.6 Å². The number of unbranched alkanes of at least 4 members (excludes halogenated alkanes) is 6. The Kier molecular flexibility index (Phi) is 7.66. The lowest BCUT2D eigenvalue weighted by molar-refractivity contribution is -0.159. The van der Waals surface area contributed by atoms with Crippen molar-refractivity contribution in [1.82, 2.24) is 0 Å². The molecule has 0 N–H and O–H groups in total. The van der Waals surface area contributed by atoms with E-state index in [0.29, 0.717) is 24.2 Å². The van der Waals surface area contributed by atoms with Crippen molar-refractivity contribution in [3.8, 4) is 0 Å². The molecule has 0 aromatic rings. The Morgan fingerprint density at radius 1 is 1.06 bits per heavy atom. The van der Waals surface area contributed by atoms with E-state index in [1.54, 1.807) is 6.08 Å². The summed E-state index contributed by atoms with van der Waals surface area (Å²) in [5, 5.41) is 0. The van der Waals surface area contributed by atoms with Crippen LogP contribution >= 0.6 is 0 Å². The third kappa shape index (κ3) is 4.93. The number of rotatable bonds is 10. The van der Waals surface area contributed by atoms with Crippen LogP contribution in [0.3, 0.4) is 0 Å². The van der Waals surface area contributed by atoms with Gasteiger partial charge in [-0.1, -0.05) is 57.3 Å². The maximum Gasteiger partial charge on any atom is 0.306 e. The Labute approximate surface area is 201 Å². The van der Waals surface area contributed by atoms with Gasteiger partial charge < -0.3 is 4.74 Å². The van der Waals surface area contributed by atoms with Gasteiger partial charge in [-0.05, 0) is 87.7 Å². The molecule has 182 valence electrons. The minimum absolute atomic E-state index is 0.0187. The molecule has 0 aromatic heterocycles. The molecule has 0 bridgehead atoms. The summed E-state index contributed by atoms with van der Waals surface area (Å²) in [5.41, 5.74) is 1.51. The van der Waals surface area contributed by atoms with Crippen LogP contribution in [0.15, 0.2) is 36.5 Å². The van der Waals surface area contributed by atoms with Crippen molar-refractivity contribution in [2.24, 2.45) is 28.6 Å². The van der Waals surface area contributed by atoms with E-state index >= 15 is 0 Å². The summed E-state index contributed by atoms with van der Waals surface area (Å²) in [7, 11) is 0. The van der Waals surface area contributed by atoms with Gasteiger partial charge in [0.25, 0.3) is 0 Å². The topological polar surface area (TPSA) is 43.4 Å². The maximum absolute atomic E-state index is 12.7. The number of hydrogen-bond acceptors (Lipinski definition) is 3. The van der Waals surface area contributed by atoms with Crippen molar-refractivity contribution >= 4 is 11.8 Å². The third-order valence-corrected chi connectivity index (χ3v) is 9.78. The van der Waals surface area contributed by atoms with E-state index in [-0.39, 0.29) is 28.7 Å². The van der Waals surface area contributed by atoms with Gasteiger partial charge in [0.05, 0.1) is 0 Å². The Bertz CT molecular complexity index is 807. The van der Waals surface area contributed by atoms with Crippen molar-refractivity contribution in [3.63, 3.8) is 0 Å². The average molecular weight is 453 g/mol. The van der Waals surface area contributed by atoms with Gasteiger partial charge in [-0.25, -0.2) is 0 Å². The van der Waals surface area contributed by atoms with Gasteiger partial charge in [-0.2, -0.15) is 0 Å². The molecule has 0 spiro atoms. The molecule has 4 aliphatic rings. The van der Waals surface area contributed by atoms with Gasteiger partial charge in [0.1, 0.15) is 6.10 Å². The van der Waals surface area contributed by atoms with Gasteiger partial charge in [0.15, 0.2) is 5.78 Å². The van der Waals surface area contributed by atoms with Crippen molar-refractivity contribution in [3.05, 3.63) is 36.5 Å². The van der Waals surface area contributed by atoms with E-state index in [1.165, 1.54) is 50.5 Å². The predicted octanol–water partition coefficient (Wildman–Crippen LogP) is 7.51. The zero-order valence-corrected chi connectivity index (χ0v) is 21.0. The summed E-state index contributed by atoms with van der Waals surface area (Å²) in [6.07, 6.45) is 23.4. The van der Waals surface area contributed by atoms with Crippen LogP contribution in [0.4, 0.5) is 0 Å². The molecular formula is C30H44O3. The molecule has 0 radical (unpaired) electrons. The number of allylic oxidation sites excluding steroid dienone is 5. The lowest BCUT2D eigenvalue weighted by Gasteiger charge is -2.56. The fourth-order valence-electron chi connectivity index (χ4n) is 7.83. The second-order valence-electron chi connectivity index (χ2n) is 11.7. The zero-order chi connectivity index (χ0) is 23.5. The molecular weight excluding hydrogens is 408 g/mol. The fraction of sp³-hybridized carbons (Fsp3) is 0.733. The van der Waals surface area contributed by atoms with Crippen molar-refractivity contribution in [2.45, 2.75) is 110 Å². The molecule has 33 heavy (non-hydrogen) atoms. The number of hydrogen-bond donors (Lipinski definition) is 0. The van der Waals surface area contributed by atoms with Crippen LogP contribution in [-0.4, -0.2) is 17.9 Å². The molecule has 0 amide bonds. The fourth-order valence-corrected chi connectivity index (χ4v) is 7.83. The molecule has 4 aliphatic carbocycles. The molecule has 3 fully saturated rings. The van der Waals surface area contributed by atoms with Crippen LogP contribution in [0.5, 0.6) is 0 Å². The van der Waals surface area contributed by atoms with Crippen LogP contribution in [0.2, 0.25) is 0 Å². The minimum Gasteiger partial charge on any atom is -0.462 e. The first-order valence-corrected chi connectivity index (χ1v) is 13.6. The first kappa shape index (κ1) is 24.5. The van der Waals surface area contributed by atoms with Crippen LogP contribution in [0.1, 0.15) is 104 Å². The van der Waals surface area contributed by atoms with Crippen molar-refractivity contribution in [2.75, 3.05) is 0 Å². The number of carbonyl (C=O) groups excluding carboxylic acids is 2. The van der Waals surface area contributed by atoms with E-state index < -0.39 is 0 Å². The molecule has 0 unspecified atom stereocenters. The Morgan fingerprint density at radius 2 is 1.82 bits per heavy atom. The Morgan fingerprint density at radius 3 is 2.61 bits per heavy atom. The normalized spacial score (nSPS) is 37.0. The summed E-state index contributed by atoms with van der Waals surface area (Å²) in [4.78, 5) is 24.6. The smallest absolute Gasteiger partial charge is 0.306 e. The van der Waals surface area contributed by atoms with Crippen molar-refractivity contribution < 1.29 is 14.3 Å². The quantitative estimate of drug-likeness (QED) is 0.196. The molecule has 0 aliphatic heterocycles. The van der Waals surface area contributed by atoms with Gasteiger partial charge in [-0.3, -0.25) is 9.59 Å². The molecule has 6 atom stereocenters. The first-order chi connectivity index (χ1) is 15.9. The second-order valence-corrected chi connectivity index (χ2v) is 11.7. The summed E-state index contributed by atoms with van der Waals surface area (Å²) < 4.78 is 6.15.